The summed E-state index contributed by atoms with van der Waals surface area (Å²) in [6, 6.07) is 7.33. The van der Waals surface area contributed by atoms with E-state index in [1.54, 1.807) is 0 Å². The summed E-state index contributed by atoms with van der Waals surface area (Å²) in [5, 5.41) is 10.8. The van der Waals surface area contributed by atoms with Crippen molar-refractivity contribution in [1.29, 1.82) is 5.26 Å². The van der Waals surface area contributed by atoms with E-state index in [1.165, 1.54) is 24.3 Å². The van der Waals surface area contributed by atoms with E-state index in [9.17, 15) is 26.7 Å². The van der Waals surface area contributed by atoms with Gasteiger partial charge in [-0.3, -0.25) is 4.79 Å². The van der Waals surface area contributed by atoms with Crippen LogP contribution in [0.25, 0.3) is 0 Å². The lowest BCUT2D eigenvalue weighted by Gasteiger charge is -2.09. The van der Waals surface area contributed by atoms with Gasteiger partial charge in [-0.25, -0.2) is 22.0 Å². The molecule has 1 amide bonds. The number of nitrogens with zero attached hydrogens (tertiary/aromatic N) is 1. The van der Waals surface area contributed by atoms with E-state index in [0.29, 0.717) is 5.56 Å². The molecule has 0 bridgehead atoms. The normalized spacial score (nSPS) is 10.3. The molecular weight excluding hydrogens is 319 g/mol. The molecule has 0 atom stereocenters. The summed E-state index contributed by atoms with van der Waals surface area (Å²) in [7, 11) is 0. The first-order valence-corrected chi connectivity index (χ1v) is 6.15. The zero-order valence-corrected chi connectivity index (χ0v) is 11.3. The van der Waals surface area contributed by atoms with Crippen molar-refractivity contribution >= 4 is 11.6 Å². The minimum atomic E-state index is -2.28. The minimum Gasteiger partial charge on any atom is -0.326 e. The van der Waals surface area contributed by atoms with Gasteiger partial charge >= 0.3 is 0 Å². The first kappa shape index (κ1) is 16.4. The molecule has 0 unspecified atom stereocenters. The lowest BCUT2D eigenvalue weighted by Crippen LogP contribution is -2.18. The van der Waals surface area contributed by atoms with Crippen molar-refractivity contribution in [3.05, 3.63) is 64.5 Å². The summed E-state index contributed by atoms with van der Waals surface area (Å²) in [4.78, 5) is 11.7. The molecule has 8 heteroatoms. The van der Waals surface area contributed by atoms with Crippen molar-refractivity contribution in [2.45, 2.75) is 6.42 Å². The van der Waals surface area contributed by atoms with Crippen LogP contribution in [-0.2, 0) is 11.2 Å². The number of carbonyl (C=O) groups is 1. The van der Waals surface area contributed by atoms with E-state index in [1.807, 2.05) is 6.07 Å². The van der Waals surface area contributed by atoms with Crippen LogP contribution in [0.3, 0.4) is 0 Å². The highest BCUT2D eigenvalue weighted by atomic mass is 19.2. The maximum absolute atomic E-state index is 13.5. The Morgan fingerprint density at radius 2 is 1.39 bits per heavy atom. The predicted molar refractivity (Wildman–Crippen MR) is 69.7 cm³/mol. The molecule has 0 aliphatic heterocycles. The molecule has 0 aliphatic rings. The standard InChI is InChI=1S/C15H7F5N2O/c16-11-9(12(17)14(19)15(20)13(11)18)5-10(23)22-8-3-1-7(6-21)2-4-8/h1-4H,5H2,(H,22,23). The van der Waals surface area contributed by atoms with E-state index < -0.39 is 47.0 Å². The highest BCUT2D eigenvalue weighted by molar-refractivity contribution is 5.92. The molecule has 0 radical (unpaired) electrons. The van der Waals surface area contributed by atoms with Crippen molar-refractivity contribution in [3.63, 3.8) is 0 Å². The second kappa shape index (κ2) is 6.44. The van der Waals surface area contributed by atoms with Crippen LogP contribution in [0.2, 0.25) is 0 Å². The maximum Gasteiger partial charge on any atom is 0.229 e. The molecule has 0 saturated heterocycles. The van der Waals surface area contributed by atoms with Crippen LogP contribution in [0.4, 0.5) is 27.6 Å². The molecule has 0 aliphatic carbocycles. The summed E-state index contributed by atoms with van der Waals surface area (Å²) >= 11 is 0. The zero-order valence-electron chi connectivity index (χ0n) is 11.3. The quantitative estimate of drug-likeness (QED) is 0.534. The highest BCUT2D eigenvalue weighted by Gasteiger charge is 2.26. The average Bonchev–Trinajstić information content (AvgIpc) is 2.56. The number of anilines is 1. The van der Waals surface area contributed by atoms with Gasteiger partial charge in [0.25, 0.3) is 0 Å². The number of nitrogens with one attached hydrogen (secondary N) is 1. The Balaban J connectivity index is 2.22. The number of hydrogen-bond donors (Lipinski definition) is 1. The third-order valence-electron chi connectivity index (χ3n) is 2.94. The number of nitriles is 1. The van der Waals surface area contributed by atoms with Crippen molar-refractivity contribution in [2.24, 2.45) is 0 Å². The largest absolute Gasteiger partial charge is 0.326 e. The number of halogens is 5. The summed E-state index contributed by atoms with van der Waals surface area (Å²) < 4.78 is 65.9. The Morgan fingerprint density at radius 1 is 0.913 bits per heavy atom. The molecule has 0 spiro atoms. The van der Waals surface area contributed by atoms with E-state index in [4.69, 9.17) is 5.26 Å². The van der Waals surface area contributed by atoms with Gasteiger partial charge in [-0.15, -0.1) is 0 Å². The number of amides is 1. The van der Waals surface area contributed by atoms with Gasteiger partial charge in [0, 0.05) is 11.3 Å². The van der Waals surface area contributed by atoms with Gasteiger partial charge in [0.2, 0.25) is 11.7 Å². The van der Waals surface area contributed by atoms with Crippen molar-refractivity contribution in [2.75, 3.05) is 5.32 Å². The molecule has 2 aromatic carbocycles. The van der Waals surface area contributed by atoms with Gasteiger partial charge in [0.15, 0.2) is 23.3 Å². The van der Waals surface area contributed by atoms with Crippen LogP contribution >= 0.6 is 0 Å². The van der Waals surface area contributed by atoms with Crippen molar-refractivity contribution < 1.29 is 26.7 Å². The second-order valence-corrected chi connectivity index (χ2v) is 4.46. The van der Waals surface area contributed by atoms with E-state index in [0.717, 1.165) is 0 Å². The fourth-order valence-corrected chi connectivity index (χ4v) is 1.80. The molecule has 2 aromatic rings. The Morgan fingerprint density at radius 3 is 1.87 bits per heavy atom. The Bertz CT molecular complexity index is 783. The van der Waals surface area contributed by atoms with Gasteiger partial charge in [-0.2, -0.15) is 5.26 Å². The third kappa shape index (κ3) is 3.29. The molecule has 118 valence electrons. The number of carbonyl (C=O) groups excluding carboxylic acids is 1. The molecule has 3 nitrogen and oxygen atoms in total. The first-order valence-electron chi connectivity index (χ1n) is 6.15. The number of hydrogen-bond acceptors (Lipinski definition) is 2. The summed E-state index contributed by atoms with van der Waals surface area (Å²) in [6.07, 6.45) is -1.04. The monoisotopic (exact) mass is 326 g/mol. The fourth-order valence-electron chi connectivity index (χ4n) is 1.80. The smallest absolute Gasteiger partial charge is 0.229 e. The maximum atomic E-state index is 13.5. The van der Waals surface area contributed by atoms with Gasteiger partial charge in [-0.05, 0) is 24.3 Å². The van der Waals surface area contributed by atoms with E-state index in [2.05, 4.69) is 5.32 Å². The van der Waals surface area contributed by atoms with Gasteiger partial charge < -0.3 is 5.32 Å². The highest BCUT2D eigenvalue weighted by Crippen LogP contribution is 2.23. The lowest BCUT2D eigenvalue weighted by atomic mass is 10.1. The second-order valence-electron chi connectivity index (χ2n) is 4.46. The summed E-state index contributed by atoms with van der Waals surface area (Å²) in [5.74, 6) is -11.6. The molecular formula is C15H7F5N2O. The lowest BCUT2D eigenvalue weighted by molar-refractivity contribution is -0.115. The molecule has 1 N–H and O–H groups in total. The zero-order chi connectivity index (χ0) is 17.1. The van der Waals surface area contributed by atoms with Crippen LogP contribution in [-0.4, -0.2) is 5.91 Å². The van der Waals surface area contributed by atoms with Gasteiger partial charge in [-0.1, -0.05) is 0 Å². The topological polar surface area (TPSA) is 52.9 Å². The molecule has 0 aromatic heterocycles. The predicted octanol–water partition coefficient (Wildman–Crippen LogP) is 3.43. The molecule has 0 heterocycles. The Labute approximate surface area is 127 Å². The average molecular weight is 326 g/mol. The van der Waals surface area contributed by atoms with E-state index in [-0.39, 0.29) is 5.69 Å². The SMILES string of the molecule is N#Cc1ccc(NC(=O)Cc2c(F)c(F)c(F)c(F)c2F)cc1. The third-order valence-corrected chi connectivity index (χ3v) is 2.94. The summed E-state index contributed by atoms with van der Waals surface area (Å²) in [5.41, 5.74) is -0.687. The first-order chi connectivity index (χ1) is 10.8. The van der Waals surface area contributed by atoms with Crippen LogP contribution in [0.5, 0.6) is 0 Å². The number of benzene rings is 2. The van der Waals surface area contributed by atoms with Crippen LogP contribution < -0.4 is 5.32 Å². The van der Waals surface area contributed by atoms with Crippen LogP contribution in [0.15, 0.2) is 24.3 Å². The van der Waals surface area contributed by atoms with Crippen molar-refractivity contribution in [3.8, 4) is 6.07 Å². The molecule has 2 rings (SSSR count). The molecule has 0 fully saturated rings. The van der Waals surface area contributed by atoms with Crippen molar-refractivity contribution in [1.82, 2.24) is 0 Å². The van der Waals surface area contributed by atoms with Gasteiger partial charge in [0.1, 0.15) is 0 Å². The van der Waals surface area contributed by atoms with Crippen LogP contribution in [0, 0.1) is 40.4 Å². The van der Waals surface area contributed by atoms with Crippen LogP contribution in [0.1, 0.15) is 11.1 Å². The summed E-state index contributed by atoms with van der Waals surface area (Å²) in [6.45, 7) is 0. The number of rotatable bonds is 3. The fraction of sp³-hybridized carbons (Fsp3) is 0.0667. The molecule has 0 saturated carbocycles. The molecule has 23 heavy (non-hydrogen) atoms. The van der Waals surface area contributed by atoms with Gasteiger partial charge in [0.05, 0.1) is 18.1 Å². The Kier molecular flexibility index (Phi) is 4.60. The minimum absolute atomic E-state index is 0.206. The Hall–Kier alpha value is -2.95. The van der Waals surface area contributed by atoms with E-state index >= 15 is 0 Å².